The molecule has 1 unspecified atom stereocenters. The van der Waals surface area contributed by atoms with Crippen molar-refractivity contribution in [3.05, 3.63) is 35.4 Å². The van der Waals surface area contributed by atoms with Gasteiger partial charge >= 0.3 is 0 Å². The highest BCUT2D eigenvalue weighted by atomic mass is 16.2. The van der Waals surface area contributed by atoms with Crippen LogP contribution in [0.15, 0.2) is 24.3 Å². The Labute approximate surface area is 135 Å². The van der Waals surface area contributed by atoms with E-state index in [0.29, 0.717) is 18.2 Å². The molecular weight excluding hydrogens is 272 g/mol. The average Bonchev–Trinajstić information content (AvgIpc) is 2.48. The quantitative estimate of drug-likeness (QED) is 0.803. The molecule has 3 heteroatoms. The lowest BCUT2D eigenvalue weighted by atomic mass is 10.0. The van der Waals surface area contributed by atoms with Crippen LogP contribution in [-0.4, -0.2) is 41.9 Å². The van der Waals surface area contributed by atoms with Crippen LogP contribution in [0.25, 0.3) is 0 Å². The average molecular weight is 302 g/mol. The molecule has 0 saturated carbocycles. The molecule has 1 aromatic rings. The SMILES string of the molecule is CCCC(C)CC(=O)N1CCN(Cc2cccc(C)c2)CC1. The van der Waals surface area contributed by atoms with Crippen LogP contribution in [0, 0.1) is 12.8 Å². The lowest BCUT2D eigenvalue weighted by Crippen LogP contribution is -2.48. The van der Waals surface area contributed by atoms with Gasteiger partial charge in [-0.05, 0) is 18.4 Å². The molecule has 0 N–H and O–H groups in total. The maximum Gasteiger partial charge on any atom is 0.222 e. The molecule has 0 radical (unpaired) electrons. The van der Waals surface area contributed by atoms with Crippen LogP contribution in [0.1, 0.15) is 44.2 Å². The molecule has 1 atom stereocenters. The van der Waals surface area contributed by atoms with Gasteiger partial charge in [-0.2, -0.15) is 0 Å². The summed E-state index contributed by atoms with van der Waals surface area (Å²) in [7, 11) is 0. The van der Waals surface area contributed by atoms with E-state index in [9.17, 15) is 4.79 Å². The van der Waals surface area contributed by atoms with Crippen molar-refractivity contribution in [2.45, 2.75) is 46.6 Å². The summed E-state index contributed by atoms with van der Waals surface area (Å²) in [5.74, 6) is 0.860. The Morgan fingerprint density at radius 3 is 2.59 bits per heavy atom. The highest BCUT2D eigenvalue weighted by Gasteiger charge is 2.22. The molecule has 0 aromatic heterocycles. The van der Waals surface area contributed by atoms with Gasteiger partial charge in [-0.25, -0.2) is 0 Å². The Morgan fingerprint density at radius 1 is 1.23 bits per heavy atom. The first-order chi connectivity index (χ1) is 10.6. The maximum absolute atomic E-state index is 12.3. The third-order valence-electron chi connectivity index (χ3n) is 4.52. The van der Waals surface area contributed by atoms with Crippen LogP contribution in [0.2, 0.25) is 0 Å². The van der Waals surface area contributed by atoms with Gasteiger partial charge < -0.3 is 4.90 Å². The zero-order valence-electron chi connectivity index (χ0n) is 14.3. The minimum absolute atomic E-state index is 0.344. The minimum Gasteiger partial charge on any atom is -0.340 e. The number of rotatable bonds is 6. The number of benzene rings is 1. The first kappa shape index (κ1) is 17.0. The predicted octanol–water partition coefficient (Wildman–Crippen LogP) is 3.47. The van der Waals surface area contributed by atoms with Gasteiger partial charge in [0.25, 0.3) is 0 Å². The van der Waals surface area contributed by atoms with Gasteiger partial charge in [0, 0.05) is 39.1 Å². The van der Waals surface area contributed by atoms with E-state index < -0.39 is 0 Å². The van der Waals surface area contributed by atoms with Crippen molar-refractivity contribution in [1.29, 1.82) is 0 Å². The first-order valence-corrected chi connectivity index (χ1v) is 8.64. The van der Waals surface area contributed by atoms with Crippen molar-refractivity contribution in [2.24, 2.45) is 5.92 Å². The molecule has 1 aromatic carbocycles. The summed E-state index contributed by atoms with van der Waals surface area (Å²) in [6, 6.07) is 8.71. The standard InChI is InChI=1S/C19H30N2O/c1-4-6-16(2)14-19(22)21-11-9-20(10-12-21)15-18-8-5-7-17(3)13-18/h5,7-8,13,16H,4,6,9-12,14-15H2,1-3H3. The smallest absolute Gasteiger partial charge is 0.222 e. The van der Waals surface area contributed by atoms with Gasteiger partial charge in [-0.1, -0.05) is 56.5 Å². The lowest BCUT2D eigenvalue weighted by Gasteiger charge is -2.35. The fourth-order valence-corrected chi connectivity index (χ4v) is 3.25. The maximum atomic E-state index is 12.3. The van der Waals surface area contributed by atoms with E-state index in [4.69, 9.17) is 0 Å². The summed E-state index contributed by atoms with van der Waals surface area (Å²) >= 11 is 0. The fraction of sp³-hybridized carbons (Fsp3) is 0.632. The number of aryl methyl sites for hydroxylation is 1. The number of carbonyl (C=O) groups is 1. The van der Waals surface area contributed by atoms with Crippen molar-refractivity contribution in [2.75, 3.05) is 26.2 Å². The molecule has 0 bridgehead atoms. The molecule has 3 nitrogen and oxygen atoms in total. The van der Waals surface area contributed by atoms with E-state index in [1.54, 1.807) is 0 Å². The number of amides is 1. The third kappa shape index (κ3) is 5.13. The van der Waals surface area contributed by atoms with Crippen LogP contribution in [0.4, 0.5) is 0 Å². The number of carbonyl (C=O) groups excluding carboxylic acids is 1. The van der Waals surface area contributed by atoms with Crippen LogP contribution in [0.5, 0.6) is 0 Å². The predicted molar refractivity (Wildman–Crippen MR) is 91.7 cm³/mol. The highest BCUT2D eigenvalue weighted by Crippen LogP contribution is 2.14. The van der Waals surface area contributed by atoms with E-state index in [1.165, 1.54) is 17.5 Å². The summed E-state index contributed by atoms with van der Waals surface area (Å²) in [6.45, 7) is 11.2. The van der Waals surface area contributed by atoms with E-state index in [0.717, 1.165) is 39.1 Å². The number of hydrogen-bond donors (Lipinski definition) is 0. The Balaban J connectivity index is 1.76. The minimum atomic E-state index is 0.344. The van der Waals surface area contributed by atoms with Gasteiger partial charge in [0.1, 0.15) is 0 Å². The Kier molecular flexibility index (Phi) is 6.44. The Bertz CT molecular complexity index is 478. The summed E-state index contributed by atoms with van der Waals surface area (Å²) in [6.07, 6.45) is 3.03. The molecule has 1 fully saturated rings. The lowest BCUT2D eigenvalue weighted by molar-refractivity contribution is -0.133. The van der Waals surface area contributed by atoms with Gasteiger partial charge in [-0.3, -0.25) is 9.69 Å². The summed E-state index contributed by atoms with van der Waals surface area (Å²) < 4.78 is 0. The van der Waals surface area contributed by atoms with E-state index in [-0.39, 0.29) is 0 Å². The molecule has 122 valence electrons. The molecule has 0 spiro atoms. The molecule has 2 rings (SSSR count). The highest BCUT2D eigenvalue weighted by molar-refractivity contribution is 5.76. The number of piperazine rings is 1. The normalized spacial score (nSPS) is 17.5. The van der Waals surface area contributed by atoms with Gasteiger partial charge in [0.05, 0.1) is 0 Å². The topological polar surface area (TPSA) is 23.6 Å². The molecule has 0 aliphatic carbocycles. The molecule has 1 saturated heterocycles. The Hall–Kier alpha value is -1.35. The Morgan fingerprint density at radius 2 is 1.95 bits per heavy atom. The summed E-state index contributed by atoms with van der Waals surface area (Å²) in [5, 5.41) is 0. The van der Waals surface area contributed by atoms with Gasteiger partial charge in [0.15, 0.2) is 0 Å². The molecule has 22 heavy (non-hydrogen) atoms. The first-order valence-electron chi connectivity index (χ1n) is 8.64. The second-order valence-corrected chi connectivity index (χ2v) is 6.74. The van der Waals surface area contributed by atoms with Crippen molar-refractivity contribution < 1.29 is 4.79 Å². The second-order valence-electron chi connectivity index (χ2n) is 6.74. The monoisotopic (exact) mass is 302 g/mol. The van der Waals surface area contributed by atoms with E-state index in [2.05, 4.69) is 54.8 Å². The van der Waals surface area contributed by atoms with Gasteiger partial charge in [-0.15, -0.1) is 0 Å². The van der Waals surface area contributed by atoms with Gasteiger partial charge in [0.2, 0.25) is 5.91 Å². The number of hydrogen-bond acceptors (Lipinski definition) is 2. The van der Waals surface area contributed by atoms with E-state index >= 15 is 0 Å². The molecule has 1 amide bonds. The van der Waals surface area contributed by atoms with Crippen molar-refractivity contribution in [3.8, 4) is 0 Å². The summed E-state index contributed by atoms with van der Waals surface area (Å²) in [5.41, 5.74) is 2.69. The molecule has 1 heterocycles. The largest absolute Gasteiger partial charge is 0.340 e. The van der Waals surface area contributed by atoms with Crippen molar-refractivity contribution in [1.82, 2.24) is 9.80 Å². The number of nitrogens with zero attached hydrogens (tertiary/aromatic N) is 2. The van der Waals surface area contributed by atoms with Crippen LogP contribution in [-0.2, 0) is 11.3 Å². The molecular formula is C19H30N2O. The van der Waals surface area contributed by atoms with Crippen LogP contribution >= 0.6 is 0 Å². The zero-order chi connectivity index (χ0) is 15.9. The molecule has 1 aliphatic rings. The van der Waals surface area contributed by atoms with Crippen molar-refractivity contribution in [3.63, 3.8) is 0 Å². The summed E-state index contributed by atoms with van der Waals surface area (Å²) in [4.78, 5) is 16.8. The zero-order valence-corrected chi connectivity index (χ0v) is 14.3. The fourth-order valence-electron chi connectivity index (χ4n) is 3.25. The second kappa shape index (κ2) is 8.33. The van der Waals surface area contributed by atoms with Crippen LogP contribution in [0.3, 0.4) is 0 Å². The third-order valence-corrected chi connectivity index (χ3v) is 4.52. The molecule has 1 aliphatic heterocycles. The van der Waals surface area contributed by atoms with Crippen molar-refractivity contribution >= 4 is 5.91 Å². The van der Waals surface area contributed by atoms with E-state index in [1.807, 2.05) is 0 Å². The van der Waals surface area contributed by atoms with Crippen LogP contribution < -0.4 is 0 Å².